The molecule has 2 N–H and O–H groups in total. The average molecular weight is 331 g/mol. The van der Waals surface area contributed by atoms with Crippen LogP contribution >= 0.6 is 15.9 Å². The molecule has 2 aromatic heterocycles. The van der Waals surface area contributed by atoms with Crippen molar-refractivity contribution in [2.75, 3.05) is 5.73 Å². The van der Waals surface area contributed by atoms with E-state index < -0.39 is 0 Å². The van der Waals surface area contributed by atoms with Gasteiger partial charge in [-0.2, -0.15) is 4.98 Å². The van der Waals surface area contributed by atoms with Crippen LogP contribution in [0.5, 0.6) is 0 Å². The van der Waals surface area contributed by atoms with Crippen LogP contribution in [0.15, 0.2) is 45.5 Å². The summed E-state index contributed by atoms with van der Waals surface area (Å²) in [5.74, 6) is 1.38. The van der Waals surface area contributed by atoms with Crippen molar-refractivity contribution in [2.24, 2.45) is 0 Å². The number of nitrogens with zero attached hydrogens (tertiary/aromatic N) is 3. The number of hydrogen-bond acceptors (Lipinski definition) is 5. The molecule has 2 heterocycles. The summed E-state index contributed by atoms with van der Waals surface area (Å²) in [6, 6.07) is 9.39. The summed E-state index contributed by atoms with van der Waals surface area (Å²) in [6.45, 7) is 2.02. The van der Waals surface area contributed by atoms with Gasteiger partial charge in [0.25, 0.3) is 5.89 Å². The molecule has 0 aliphatic carbocycles. The normalized spacial score (nSPS) is 10.7. The van der Waals surface area contributed by atoms with Crippen LogP contribution < -0.4 is 5.73 Å². The van der Waals surface area contributed by atoms with Crippen LogP contribution in [-0.4, -0.2) is 15.1 Å². The number of pyridine rings is 1. The van der Waals surface area contributed by atoms with Crippen LogP contribution in [0.2, 0.25) is 0 Å². The van der Waals surface area contributed by atoms with Crippen molar-refractivity contribution in [2.45, 2.75) is 6.92 Å². The number of nitrogens with two attached hydrogens (primary N) is 1. The lowest BCUT2D eigenvalue weighted by atomic mass is 10.1. The second-order valence-corrected chi connectivity index (χ2v) is 5.21. The second kappa shape index (κ2) is 5.05. The highest BCUT2D eigenvalue weighted by molar-refractivity contribution is 9.10. The zero-order chi connectivity index (χ0) is 14.1. The van der Waals surface area contributed by atoms with E-state index in [9.17, 15) is 0 Å². The molecular weight excluding hydrogens is 320 g/mol. The Bertz CT molecular complexity index is 769. The molecule has 0 amide bonds. The molecule has 100 valence electrons. The van der Waals surface area contributed by atoms with E-state index in [2.05, 4.69) is 31.1 Å². The molecule has 0 aliphatic heterocycles. The van der Waals surface area contributed by atoms with E-state index in [0.717, 1.165) is 21.2 Å². The van der Waals surface area contributed by atoms with Gasteiger partial charge in [0, 0.05) is 21.8 Å². The Morgan fingerprint density at radius 1 is 1.15 bits per heavy atom. The van der Waals surface area contributed by atoms with Crippen LogP contribution in [0.4, 0.5) is 5.82 Å². The molecule has 0 saturated heterocycles. The number of nitrogen functional groups attached to an aromatic ring is 1. The fourth-order valence-corrected chi connectivity index (χ4v) is 2.15. The highest BCUT2D eigenvalue weighted by Crippen LogP contribution is 2.26. The Labute approximate surface area is 124 Å². The fourth-order valence-electron chi connectivity index (χ4n) is 1.77. The Morgan fingerprint density at radius 2 is 2.00 bits per heavy atom. The highest BCUT2D eigenvalue weighted by atomic mass is 79.9. The maximum atomic E-state index is 5.64. The number of rotatable bonds is 2. The molecule has 5 nitrogen and oxygen atoms in total. The smallest absolute Gasteiger partial charge is 0.258 e. The molecule has 0 atom stereocenters. The van der Waals surface area contributed by atoms with Crippen molar-refractivity contribution in [1.29, 1.82) is 0 Å². The van der Waals surface area contributed by atoms with Crippen molar-refractivity contribution >= 4 is 21.7 Å². The Balaban J connectivity index is 1.99. The lowest BCUT2D eigenvalue weighted by Gasteiger charge is -1.99. The van der Waals surface area contributed by atoms with E-state index in [1.54, 1.807) is 18.3 Å². The predicted molar refractivity (Wildman–Crippen MR) is 79.8 cm³/mol. The SMILES string of the molecule is Cc1ccc(-c2noc(-c3ccnc(N)c3)n2)cc1Br. The van der Waals surface area contributed by atoms with Crippen LogP contribution in [0.1, 0.15) is 5.56 Å². The van der Waals surface area contributed by atoms with Crippen molar-refractivity contribution in [1.82, 2.24) is 15.1 Å². The molecule has 3 aromatic rings. The third-order valence-electron chi connectivity index (χ3n) is 2.88. The van der Waals surface area contributed by atoms with Crippen LogP contribution in [0.3, 0.4) is 0 Å². The second-order valence-electron chi connectivity index (χ2n) is 4.36. The Hall–Kier alpha value is -2.21. The number of aryl methyl sites for hydroxylation is 1. The summed E-state index contributed by atoms with van der Waals surface area (Å²) in [5, 5.41) is 4.00. The topological polar surface area (TPSA) is 77.8 Å². The Morgan fingerprint density at radius 3 is 2.75 bits per heavy atom. The zero-order valence-electron chi connectivity index (χ0n) is 10.7. The third-order valence-corrected chi connectivity index (χ3v) is 3.74. The quantitative estimate of drug-likeness (QED) is 0.778. The first-order valence-corrected chi connectivity index (χ1v) is 6.75. The van der Waals surface area contributed by atoms with Crippen LogP contribution in [0.25, 0.3) is 22.8 Å². The minimum absolute atomic E-state index is 0.417. The first kappa shape index (κ1) is 12.8. The summed E-state index contributed by atoms with van der Waals surface area (Å²) in [7, 11) is 0. The molecule has 0 fully saturated rings. The van der Waals surface area contributed by atoms with Gasteiger partial charge in [-0.1, -0.05) is 33.2 Å². The molecule has 20 heavy (non-hydrogen) atoms. The highest BCUT2D eigenvalue weighted by Gasteiger charge is 2.11. The van der Waals surface area contributed by atoms with Gasteiger partial charge in [-0.25, -0.2) is 4.98 Å². The maximum absolute atomic E-state index is 5.64. The van der Waals surface area contributed by atoms with E-state index in [0.29, 0.717) is 17.5 Å². The van der Waals surface area contributed by atoms with E-state index in [4.69, 9.17) is 10.3 Å². The van der Waals surface area contributed by atoms with Gasteiger partial charge in [0.2, 0.25) is 5.82 Å². The molecule has 0 aliphatic rings. The Kier molecular flexibility index (Phi) is 3.23. The van der Waals surface area contributed by atoms with Gasteiger partial charge in [0.05, 0.1) is 0 Å². The number of aromatic nitrogens is 3. The summed E-state index contributed by atoms with van der Waals surface area (Å²) in [4.78, 5) is 8.31. The molecule has 0 unspecified atom stereocenters. The van der Waals surface area contributed by atoms with Crippen molar-refractivity contribution in [3.8, 4) is 22.8 Å². The zero-order valence-corrected chi connectivity index (χ0v) is 12.3. The van der Waals surface area contributed by atoms with E-state index in [-0.39, 0.29) is 0 Å². The summed E-state index contributed by atoms with van der Waals surface area (Å²) in [6.07, 6.45) is 1.61. The van der Waals surface area contributed by atoms with Crippen LogP contribution in [0, 0.1) is 6.92 Å². The van der Waals surface area contributed by atoms with E-state index >= 15 is 0 Å². The summed E-state index contributed by atoms with van der Waals surface area (Å²) in [5.41, 5.74) is 8.44. The largest absolute Gasteiger partial charge is 0.384 e. The standard InChI is InChI=1S/C14H11BrN4O/c1-8-2-3-9(6-11(8)15)13-18-14(20-19-13)10-4-5-17-12(16)7-10/h2-7H,1H3,(H2,16,17). The van der Waals surface area contributed by atoms with Crippen molar-refractivity contribution in [3.63, 3.8) is 0 Å². The average Bonchev–Trinajstić information content (AvgIpc) is 2.92. The van der Waals surface area contributed by atoms with Gasteiger partial charge in [0.15, 0.2) is 0 Å². The van der Waals surface area contributed by atoms with Gasteiger partial charge in [-0.05, 0) is 30.7 Å². The van der Waals surface area contributed by atoms with Crippen molar-refractivity contribution < 1.29 is 4.52 Å². The molecule has 1 aromatic carbocycles. The molecule has 6 heteroatoms. The van der Waals surface area contributed by atoms with E-state index in [1.807, 2.05) is 25.1 Å². The summed E-state index contributed by atoms with van der Waals surface area (Å²) < 4.78 is 6.28. The van der Waals surface area contributed by atoms with Gasteiger partial charge in [-0.3, -0.25) is 0 Å². The first-order chi connectivity index (χ1) is 9.63. The van der Waals surface area contributed by atoms with Gasteiger partial charge >= 0.3 is 0 Å². The molecule has 0 bridgehead atoms. The summed E-state index contributed by atoms with van der Waals surface area (Å²) >= 11 is 3.49. The predicted octanol–water partition coefficient (Wildman–Crippen LogP) is 3.45. The molecular formula is C14H11BrN4O. The van der Waals surface area contributed by atoms with Gasteiger partial charge < -0.3 is 10.3 Å². The first-order valence-electron chi connectivity index (χ1n) is 5.95. The number of hydrogen-bond donors (Lipinski definition) is 1. The third kappa shape index (κ3) is 2.42. The van der Waals surface area contributed by atoms with Crippen LogP contribution in [-0.2, 0) is 0 Å². The number of benzene rings is 1. The fraction of sp³-hybridized carbons (Fsp3) is 0.0714. The maximum Gasteiger partial charge on any atom is 0.258 e. The molecule has 0 spiro atoms. The molecule has 3 rings (SSSR count). The monoisotopic (exact) mass is 330 g/mol. The van der Waals surface area contributed by atoms with E-state index in [1.165, 1.54) is 0 Å². The number of halogens is 1. The minimum Gasteiger partial charge on any atom is -0.384 e. The minimum atomic E-state index is 0.417. The lowest BCUT2D eigenvalue weighted by molar-refractivity contribution is 0.432. The van der Waals surface area contributed by atoms with Crippen molar-refractivity contribution in [3.05, 3.63) is 46.6 Å². The number of anilines is 1. The van der Waals surface area contributed by atoms with Gasteiger partial charge in [0.1, 0.15) is 5.82 Å². The lowest BCUT2D eigenvalue weighted by Crippen LogP contribution is -1.89. The molecule has 0 saturated carbocycles. The van der Waals surface area contributed by atoms with Gasteiger partial charge in [-0.15, -0.1) is 0 Å². The molecule has 0 radical (unpaired) electrons.